The minimum absolute atomic E-state index is 0.0688. The van der Waals surface area contributed by atoms with Crippen molar-refractivity contribution in [3.63, 3.8) is 0 Å². The Hall–Kier alpha value is -3.22. The molecule has 1 aliphatic carbocycles. The van der Waals surface area contributed by atoms with Crippen LogP contribution in [0.2, 0.25) is 0 Å². The first-order chi connectivity index (χ1) is 15.7. The number of hydrogen-bond acceptors (Lipinski definition) is 13. The molecule has 0 aliphatic heterocycles. The maximum Gasteiger partial charge on any atom is 0.303 e. The van der Waals surface area contributed by atoms with Crippen molar-refractivity contribution in [2.45, 2.75) is 90.5 Å². The molecule has 0 spiro atoms. The van der Waals surface area contributed by atoms with Gasteiger partial charge in [0, 0.05) is 48.1 Å². The number of esters is 6. The Bertz CT molecular complexity index is 760. The summed E-state index contributed by atoms with van der Waals surface area (Å²) in [5.74, 6) is -5.41. The molecule has 192 valence electrons. The molecule has 0 saturated heterocycles. The Kier molecular flexibility index (Phi) is 10.4. The summed E-state index contributed by atoms with van der Waals surface area (Å²) in [5, 5.41) is 9.48. The fraction of sp³-hybridized carbons (Fsp3) is 0.714. The number of carbonyl (C=O) groups excluding carboxylic acids is 6. The molecule has 1 saturated carbocycles. The third-order valence-corrected chi connectivity index (χ3v) is 4.76. The van der Waals surface area contributed by atoms with Crippen LogP contribution in [0.5, 0.6) is 0 Å². The van der Waals surface area contributed by atoms with Gasteiger partial charge in [-0.2, -0.15) is 0 Å². The molecule has 13 heteroatoms. The highest BCUT2D eigenvalue weighted by Crippen LogP contribution is 2.44. The average molecular weight is 490 g/mol. The maximum absolute atomic E-state index is 12.2. The van der Waals surface area contributed by atoms with Gasteiger partial charge in [0.05, 0.1) is 0 Å². The highest BCUT2D eigenvalue weighted by molar-refractivity contribution is 5.71. The van der Waals surface area contributed by atoms with E-state index in [0.29, 0.717) is 0 Å². The molecule has 1 N–H and O–H groups in total. The van der Waals surface area contributed by atoms with Gasteiger partial charge >= 0.3 is 35.8 Å². The van der Waals surface area contributed by atoms with Gasteiger partial charge in [-0.1, -0.05) is 0 Å². The van der Waals surface area contributed by atoms with E-state index in [1.807, 2.05) is 0 Å². The van der Waals surface area contributed by atoms with Gasteiger partial charge in [0.1, 0.15) is 0 Å². The molecule has 0 heterocycles. The van der Waals surface area contributed by atoms with E-state index in [1.165, 1.54) is 0 Å². The Balaban J connectivity index is 4.00. The fourth-order valence-electron chi connectivity index (χ4n) is 3.98. The van der Waals surface area contributed by atoms with Crippen molar-refractivity contribution >= 4 is 35.8 Å². The van der Waals surface area contributed by atoms with Gasteiger partial charge in [-0.05, 0) is 12.8 Å². The van der Waals surface area contributed by atoms with Crippen LogP contribution < -0.4 is 0 Å². The lowest BCUT2D eigenvalue weighted by Gasteiger charge is -2.53. The topological polar surface area (TPSA) is 178 Å². The van der Waals surface area contributed by atoms with Crippen molar-refractivity contribution < 1.29 is 62.3 Å². The molecular weight excluding hydrogens is 460 g/mol. The summed E-state index contributed by atoms with van der Waals surface area (Å²) < 4.78 is 32.3. The smallest absolute Gasteiger partial charge is 0.303 e. The molecule has 6 atom stereocenters. The van der Waals surface area contributed by atoms with Crippen LogP contribution >= 0.6 is 0 Å². The molecule has 13 nitrogen and oxygen atoms in total. The van der Waals surface area contributed by atoms with Crippen molar-refractivity contribution in [2.24, 2.45) is 0 Å². The van der Waals surface area contributed by atoms with E-state index in [-0.39, 0.29) is 12.8 Å². The number of aliphatic hydroxyl groups excluding tert-OH is 1. The zero-order valence-electron chi connectivity index (χ0n) is 19.9. The molecule has 1 aliphatic rings. The van der Waals surface area contributed by atoms with Crippen molar-refractivity contribution in [1.29, 1.82) is 0 Å². The summed E-state index contributed by atoms with van der Waals surface area (Å²) >= 11 is 0. The molecule has 34 heavy (non-hydrogen) atoms. The summed E-state index contributed by atoms with van der Waals surface area (Å²) in [4.78, 5) is 72.1. The Morgan fingerprint density at radius 1 is 0.588 bits per heavy atom. The number of aliphatic hydroxyl groups is 1. The standard InChI is InChI=1S/C21H30O13/c1-10(23)29-16-17(30-11(2)24)19(32-13(4)26)21(8-7-9-22,34-15(6)28)20(33-14(5)27)18(16)31-12(3)25/h16-20,22H,7-9H2,1-6H3/t16?,17?,18?,19-,20?,21?/m0/s1. The van der Waals surface area contributed by atoms with Crippen LogP contribution in [0.3, 0.4) is 0 Å². The summed E-state index contributed by atoms with van der Waals surface area (Å²) in [7, 11) is 0. The summed E-state index contributed by atoms with van der Waals surface area (Å²) in [6.45, 7) is 5.72. The predicted octanol–water partition coefficient (Wildman–Crippen LogP) is -0.267. The number of carbonyl (C=O) groups is 6. The lowest BCUT2D eigenvalue weighted by atomic mass is 9.71. The first kappa shape index (κ1) is 28.8. The summed E-state index contributed by atoms with van der Waals surface area (Å²) in [6.07, 6.45) is -8.67. The van der Waals surface area contributed by atoms with Crippen LogP contribution in [0.4, 0.5) is 0 Å². The minimum atomic E-state index is -2.11. The van der Waals surface area contributed by atoms with Crippen LogP contribution in [0, 0.1) is 0 Å². The quantitative estimate of drug-likeness (QED) is 0.330. The van der Waals surface area contributed by atoms with Crippen LogP contribution in [0.25, 0.3) is 0 Å². The SMILES string of the molecule is CC(=O)OC1C(OC(C)=O)C(OC(C)=O)C(CCCO)(OC(C)=O)[C@@H](OC(C)=O)C1OC(C)=O. The lowest BCUT2D eigenvalue weighted by Crippen LogP contribution is -2.75. The zero-order chi connectivity index (χ0) is 26.2. The molecule has 5 unspecified atom stereocenters. The van der Waals surface area contributed by atoms with Gasteiger partial charge < -0.3 is 33.5 Å². The van der Waals surface area contributed by atoms with E-state index < -0.39 is 78.5 Å². The van der Waals surface area contributed by atoms with E-state index in [1.54, 1.807) is 0 Å². The normalized spacial score (nSPS) is 28.1. The molecular formula is C21H30O13. The minimum Gasteiger partial charge on any atom is -0.454 e. The van der Waals surface area contributed by atoms with Gasteiger partial charge in [0.15, 0.2) is 36.1 Å². The third kappa shape index (κ3) is 7.40. The molecule has 0 aromatic rings. The molecule has 0 aromatic carbocycles. The highest BCUT2D eigenvalue weighted by Gasteiger charge is 2.68. The van der Waals surface area contributed by atoms with E-state index in [4.69, 9.17) is 28.4 Å². The Labute approximate surface area is 195 Å². The number of rotatable bonds is 9. The van der Waals surface area contributed by atoms with Gasteiger partial charge in [-0.3, -0.25) is 28.8 Å². The van der Waals surface area contributed by atoms with E-state index in [0.717, 1.165) is 41.5 Å². The zero-order valence-corrected chi connectivity index (χ0v) is 19.9. The van der Waals surface area contributed by atoms with E-state index in [2.05, 4.69) is 0 Å². The van der Waals surface area contributed by atoms with Crippen LogP contribution in [0.1, 0.15) is 54.4 Å². The highest BCUT2D eigenvalue weighted by atomic mass is 16.7. The van der Waals surface area contributed by atoms with Crippen LogP contribution in [0.15, 0.2) is 0 Å². The Morgan fingerprint density at radius 2 is 0.941 bits per heavy atom. The molecule has 0 radical (unpaired) electrons. The monoisotopic (exact) mass is 490 g/mol. The molecule has 1 rings (SSSR count). The molecule has 0 aromatic heterocycles. The van der Waals surface area contributed by atoms with Crippen LogP contribution in [-0.4, -0.2) is 83.7 Å². The number of ether oxygens (including phenoxy) is 6. The van der Waals surface area contributed by atoms with Crippen LogP contribution in [-0.2, 0) is 57.2 Å². The molecule has 1 fully saturated rings. The second-order valence-electron chi connectivity index (χ2n) is 7.66. The second-order valence-corrected chi connectivity index (χ2v) is 7.66. The Morgan fingerprint density at radius 3 is 1.24 bits per heavy atom. The average Bonchev–Trinajstić information content (AvgIpc) is 2.67. The third-order valence-electron chi connectivity index (χ3n) is 4.76. The van der Waals surface area contributed by atoms with E-state index >= 15 is 0 Å². The first-order valence-corrected chi connectivity index (χ1v) is 10.4. The van der Waals surface area contributed by atoms with E-state index in [9.17, 15) is 33.9 Å². The largest absolute Gasteiger partial charge is 0.454 e. The predicted molar refractivity (Wildman–Crippen MR) is 109 cm³/mol. The van der Waals surface area contributed by atoms with Gasteiger partial charge in [0.2, 0.25) is 0 Å². The number of hydrogen-bond donors (Lipinski definition) is 1. The molecule has 0 amide bonds. The summed E-state index contributed by atoms with van der Waals surface area (Å²) in [6, 6.07) is 0. The van der Waals surface area contributed by atoms with Crippen molar-refractivity contribution in [1.82, 2.24) is 0 Å². The van der Waals surface area contributed by atoms with Crippen molar-refractivity contribution in [3.8, 4) is 0 Å². The lowest BCUT2D eigenvalue weighted by molar-refractivity contribution is -0.291. The summed E-state index contributed by atoms with van der Waals surface area (Å²) in [5.41, 5.74) is -2.11. The maximum atomic E-state index is 12.2. The van der Waals surface area contributed by atoms with Gasteiger partial charge in [-0.15, -0.1) is 0 Å². The fourth-order valence-corrected chi connectivity index (χ4v) is 3.98. The first-order valence-electron chi connectivity index (χ1n) is 10.4. The second kappa shape index (κ2) is 12.3. The van der Waals surface area contributed by atoms with Crippen molar-refractivity contribution in [3.05, 3.63) is 0 Å². The molecule has 0 bridgehead atoms. The van der Waals surface area contributed by atoms with Gasteiger partial charge in [-0.25, -0.2) is 0 Å². The van der Waals surface area contributed by atoms with Gasteiger partial charge in [0.25, 0.3) is 0 Å². The van der Waals surface area contributed by atoms with Crippen molar-refractivity contribution in [2.75, 3.05) is 6.61 Å².